The van der Waals surface area contributed by atoms with Crippen LogP contribution in [0.5, 0.6) is 0 Å². The number of anilines is 4. The van der Waals surface area contributed by atoms with E-state index in [9.17, 15) is 8.42 Å². The highest BCUT2D eigenvalue weighted by Gasteiger charge is 2.18. The molecular weight excluding hydrogens is 422 g/mol. The molecule has 1 fully saturated rings. The fraction of sp³-hybridized carbons (Fsp3) is 0.238. The van der Waals surface area contributed by atoms with Crippen LogP contribution in [0.4, 0.5) is 23.1 Å². The van der Waals surface area contributed by atoms with Gasteiger partial charge >= 0.3 is 0 Å². The van der Waals surface area contributed by atoms with E-state index in [2.05, 4.69) is 24.9 Å². The molecule has 2 aromatic carbocycles. The van der Waals surface area contributed by atoms with Crippen LogP contribution >= 0.6 is 11.6 Å². The second-order valence-electron chi connectivity index (χ2n) is 7.13. The van der Waals surface area contributed by atoms with E-state index in [-0.39, 0.29) is 9.92 Å². The van der Waals surface area contributed by atoms with Gasteiger partial charge in [0.15, 0.2) is 0 Å². The van der Waals surface area contributed by atoms with Crippen LogP contribution in [-0.2, 0) is 10.0 Å². The van der Waals surface area contributed by atoms with Gasteiger partial charge in [-0.15, -0.1) is 0 Å². The third-order valence-electron chi connectivity index (χ3n) is 4.77. The second kappa shape index (κ2) is 8.49. The maximum absolute atomic E-state index is 12.6. The minimum atomic E-state index is -3.76. The number of nitrogens with zero attached hydrogens (tertiary/aromatic N) is 3. The first-order valence-corrected chi connectivity index (χ1v) is 11.5. The summed E-state index contributed by atoms with van der Waals surface area (Å²) in [6, 6.07) is 15.2. The monoisotopic (exact) mass is 443 g/mol. The molecular formula is C21H22ClN5O2S. The molecule has 7 nitrogen and oxygen atoms in total. The van der Waals surface area contributed by atoms with Crippen molar-refractivity contribution >= 4 is 44.8 Å². The Hall–Kier alpha value is -2.84. The molecule has 0 bridgehead atoms. The van der Waals surface area contributed by atoms with Crippen LogP contribution in [0.1, 0.15) is 18.5 Å². The SMILES string of the molecule is Cc1cc(Nc2ccc(NS(=O)(=O)c3ccccc3Cl)cc2)nc(N2CCCC2)n1. The van der Waals surface area contributed by atoms with E-state index >= 15 is 0 Å². The van der Waals surface area contributed by atoms with Crippen LogP contribution in [0.15, 0.2) is 59.5 Å². The lowest BCUT2D eigenvalue weighted by molar-refractivity contribution is 0.601. The molecule has 0 spiro atoms. The van der Waals surface area contributed by atoms with E-state index in [0.717, 1.165) is 43.3 Å². The Morgan fingerprint density at radius 1 is 0.967 bits per heavy atom. The zero-order valence-corrected chi connectivity index (χ0v) is 18.0. The third kappa shape index (κ3) is 4.66. The molecule has 30 heavy (non-hydrogen) atoms. The summed E-state index contributed by atoms with van der Waals surface area (Å²) in [5.74, 6) is 1.44. The molecule has 1 aliphatic heterocycles. The predicted octanol–water partition coefficient (Wildman–Crippen LogP) is 4.58. The van der Waals surface area contributed by atoms with Crippen molar-refractivity contribution in [3.05, 3.63) is 65.3 Å². The number of rotatable bonds is 6. The summed E-state index contributed by atoms with van der Waals surface area (Å²) in [5, 5.41) is 3.44. The Labute approximate surface area is 181 Å². The second-order valence-corrected chi connectivity index (χ2v) is 9.19. The van der Waals surface area contributed by atoms with Gasteiger partial charge in [0.05, 0.1) is 5.02 Å². The maximum atomic E-state index is 12.6. The van der Waals surface area contributed by atoms with Crippen LogP contribution in [0.3, 0.4) is 0 Å². The van der Waals surface area contributed by atoms with Crippen molar-refractivity contribution in [2.45, 2.75) is 24.7 Å². The average molecular weight is 444 g/mol. The number of hydrogen-bond donors (Lipinski definition) is 2. The van der Waals surface area contributed by atoms with Gasteiger partial charge in [-0.1, -0.05) is 23.7 Å². The number of nitrogens with one attached hydrogen (secondary N) is 2. The van der Waals surface area contributed by atoms with Crippen molar-refractivity contribution in [2.75, 3.05) is 28.0 Å². The lowest BCUT2D eigenvalue weighted by Gasteiger charge is -2.17. The highest BCUT2D eigenvalue weighted by Crippen LogP contribution is 2.25. The Kier molecular flexibility index (Phi) is 5.78. The standard InChI is InChI=1S/C21H22ClN5O2S/c1-15-14-20(25-21(23-15)27-12-4-5-13-27)24-16-8-10-17(11-9-16)26-30(28,29)19-7-3-2-6-18(19)22/h2-3,6-11,14,26H,4-5,12-13H2,1H3,(H,23,24,25). The van der Waals surface area contributed by atoms with Gasteiger partial charge in [0, 0.05) is 36.2 Å². The molecule has 1 saturated heterocycles. The number of halogens is 1. The number of aromatic nitrogens is 2. The summed E-state index contributed by atoms with van der Waals surface area (Å²) in [6.07, 6.45) is 2.32. The molecule has 0 saturated carbocycles. The molecule has 0 aliphatic carbocycles. The minimum Gasteiger partial charge on any atom is -0.341 e. The fourth-order valence-corrected chi connectivity index (χ4v) is 4.90. The summed E-state index contributed by atoms with van der Waals surface area (Å²) in [6.45, 7) is 3.89. The molecule has 0 unspecified atom stereocenters. The molecule has 0 atom stereocenters. The Balaban J connectivity index is 1.48. The van der Waals surface area contributed by atoms with Crippen LogP contribution in [0.2, 0.25) is 5.02 Å². The van der Waals surface area contributed by atoms with Crippen LogP contribution in [0, 0.1) is 6.92 Å². The van der Waals surface area contributed by atoms with Crippen LogP contribution in [0.25, 0.3) is 0 Å². The van der Waals surface area contributed by atoms with Crippen molar-refractivity contribution in [1.82, 2.24) is 9.97 Å². The molecule has 4 rings (SSSR count). The van der Waals surface area contributed by atoms with Gasteiger partial charge in [0.2, 0.25) is 5.95 Å². The average Bonchev–Trinajstić information content (AvgIpc) is 3.24. The molecule has 156 valence electrons. The highest BCUT2D eigenvalue weighted by molar-refractivity contribution is 7.92. The van der Waals surface area contributed by atoms with E-state index in [1.807, 2.05) is 13.0 Å². The largest absolute Gasteiger partial charge is 0.341 e. The molecule has 3 aromatic rings. The molecule has 0 radical (unpaired) electrons. The van der Waals surface area contributed by atoms with E-state index in [1.165, 1.54) is 6.07 Å². The third-order valence-corrected chi connectivity index (χ3v) is 6.65. The van der Waals surface area contributed by atoms with Gasteiger partial charge in [-0.3, -0.25) is 4.72 Å². The van der Waals surface area contributed by atoms with Gasteiger partial charge in [-0.2, -0.15) is 4.98 Å². The zero-order chi connectivity index (χ0) is 21.1. The quantitative estimate of drug-likeness (QED) is 0.579. The summed E-state index contributed by atoms with van der Waals surface area (Å²) in [7, 11) is -3.76. The summed E-state index contributed by atoms with van der Waals surface area (Å²) >= 11 is 6.02. The van der Waals surface area contributed by atoms with Crippen molar-refractivity contribution in [3.8, 4) is 0 Å². The minimum absolute atomic E-state index is 0.0415. The van der Waals surface area contributed by atoms with Crippen LogP contribution < -0.4 is 14.9 Å². The van der Waals surface area contributed by atoms with Crippen molar-refractivity contribution in [1.29, 1.82) is 0 Å². The summed E-state index contributed by atoms with van der Waals surface area (Å²) in [5.41, 5.74) is 2.12. The molecule has 9 heteroatoms. The summed E-state index contributed by atoms with van der Waals surface area (Å²) < 4.78 is 27.7. The topological polar surface area (TPSA) is 87.2 Å². The molecule has 1 aromatic heterocycles. The van der Waals surface area contributed by atoms with Crippen molar-refractivity contribution in [2.24, 2.45) is 0 Å². The van der Waals surface area contributed by atoms with Gasteiger partial charge in [0.25, 0.3) is 10.0 Å². The first-order valence-electron chi connectivity index (χ1n) is 9.66. The fourth-order valence-electron chi connectivity index (χ4n) is 3.32. The lowest BCUT2D eigenvalue weighted by Crippen LogP contribution is -2.21. The molecule has 2 N–H and O–H groups in total. The van der Waals surface area contributed by atoms with Gasteiger partial charge in [0.1, 0.15) is 10.7 Å². The first kappa shape index (κ1) is 20.4. The van der Waals surface area contributed by atoms with E-state index in [1.54, 1.807) is 42.5 Å². The normalized spacial score (nSPS) is 14.0. The Morgan fingerprint density at radius 3 is 2.33 bits per heavy atom. The number of hydrogen-bond acceptors (Lipinski definition) is 6. The predicted molar refractivity (Wildman–Crippen MR) is 120 cm³/mol. The maximum Gasteiger partial charge on any atom is 0.263 e. The van der Waals surface area contributed by atoms with Gasteiger partial charge < -0.3 is 10.2 Å². The Morgan fingerprint density at radius 2 is 1.63 bits per heavy atom. The smallest absolute Gasteiger partial charge is 0.263 e. The number of aryl methyl sites for hydroxylation is 1. The van der Waals surface area contributed by atoms with E-state index in [4.69, 9.17) is 11.6 Å². The molecule has 0 amide bonds. The Bertz CT molecular complexity index is 1150. The van der Waals surface area contributed by atoms with Crippen molar-refractivity contribution < 1.29 is 8.42 Å². The van der Waals surface area contributed by atoms with E-state index in [0.29, 0.717) is 11.5 Å². The van der Waals surface area contributed by atoms with Gasteiger partial charge in [-0.25, -0.2) is 13.4 Å². The van der Waals surface area contributed by atoms with Crippen molar-refractivity contribution in [3.63, 3.8) is 0 Å². The van der Waals surface area contributed by atoms with Gasteiger partial charge in [-0.05, 0) is 56.2 Å². The molecule has 2 heterocycles. The molecule has 1 aliphatic rings. The first-order chi connectivity index (χ1) is 14.4. The number of sulfonamides is 1. The zero-order valence-electron chi connectivity index (χ0n) is 16.5. The highest BCUT2D eigenvalue weighted by atomic mass is 35.5. The van der Waals surface area contributed by atoms with E-state index < -0.39 is 10.0 Å². The summed E-state index contributed by atoms with van der Waals surface area (Å²) in [4.78, 5) is 11.4. The number of benzene rings is 2. The lowest BCUT2D eigenvalue weighted by atomic mass is 10.3. The van der Waals surface area contributed by atoms with Crippen LogP contribution in [-0.4, -0.2) is 31.5 Å².